The van der Waals surface area contributed by atoms with Gasteiger partial charge in [-0.3, -0.25) is 0 Å². The van der Waals surface area contributed by atoms with E-state index in [1.54, 1.807) is 0 Å². The molecule has 0 spiro atoms. The molecule has 0 saturated heterocycles. The Morgan fingerprint density at radius 3 is 2.74 bits per heavy atom. The average Bonchev–Trinajstić information content (AvgIpc) is 2.79. The van der Waals surface area contributed by atoms with Crippen molar-refractivity contribution in [3.63, 3.8) is 0 Å². The number of benzene rings is 2. The number of aromatic nitrogens is 1. The first kappa shape index (κ1) is 12.5. The Morgan fingerprint density at radius 2 is 1.89 bits per heavy atom. The highest BCUT2D eigenvalue weighted by molar-refractivity contribution is 9.10. The Bertz CT molecular complexity index is 740. The van der Waals surface area contributed by atoms with Crippen LogP contribution in [-0.4, -0.2) is 4.57 Å². The summed E-state index contributed by atoms with van der Waals surface area (Å²) in [7, 11) is 0. The largest absolute Gasteiger partial charge is 0.343 e. The van der Waals surface area contributed by atoms with E-state index in [9.17, 15) is 0 Å². The van der Waals surface area contributed by atoms with E-state index >= 15 is 0 Å². The lowest BCUT2D eigenvalue weighted by Crippen LogP contribution is -2.00. The molecular formula is C17H16BrN. The number of nitrogens with zero attached hydrogens (tertiary/aromatic N) is 1. The van der Waals surface area contributed by atoms with Gasteiger partial charge in [0.05, 0.1) is 0 Å². The van der Waals surface area contributed by atoms with Gasteiger partial charge in [-0.05, 0) is 43.2 Å². The molecule has 0 bridgehead atoms. The summed E-state index contributed by atoms with van der Waals surface area (Å²) in [6.07, 6.45) is 2.16. The summed E-state index contributed by atoms with van der Waals surface area (Å²) < 4.78 is 3.46. The molecule has 0 atom stereocenters. The van der Waals surface area contributed by atoms with Crippen LogP contribution in [0.3, 0.4) is 0 Å². The quantitative estimate of drug-likeness (QED) is 0.622. The highest BCUT2D eigenvalue weighted by Gasteiger charge is 2.06. The third-order valence-corrected chi connectivity index (χ3v) is 4.30. The molecule has 0 aliphatic rings. The van der Waals surface area contributed by atoms with Crippen molar-refractivity contribution in [2.75, 3.05) is 0 Å². The first-order chi connectivity index (χ1) is 9.15. The lowest BCUT2D eigenvalue weighted by Gasteiger charge is -2.10. The molecule has 0 unspecified atom stereocenters. The van der Waals surface area contributed by atoms with Crippen LogP contribution in [0.4, 0.5) is 0 Å². The van der Waals surface area contributed by atoms with Crippen LogP contribution in [0.5, 0.6) is 0 Å². The van der Waals surface area contributed by atoms with Crippen molar-refractivity contribution in [1.29, 1.82) is 0 Å². The number of hydrogen-bond donors (Lipinski definition) is 0. The van der Waals surface area contributed by atoms with Gasteiger partial charge in [-0.1, -0.05) is 45.8 Å². The van der Waals surface area contributed by atoms with E-state index in [-0.39, 0.29) is 0 Å². The lowest BCUT2D eigenvalue weighted by atomic mass is 10.1. The van der Waals surface area contributed by atoms with Crippen LogP contribution in [0.1, 0.15) is 16.7 Å². The van der Waals surface area contributed by atoms with Crippen molar-refractivity contribution >= 4 is 26.8 Å². The fraction of sp³-hybridized carbons (Fsp3) is 0.176. The minimum Gasteiger partial charge on any atom is -0.343 e. The summed E-state index contributed by atoms with van der Waals surface area (Å²) in [6, 6.07) is 15.2. The van der Waals surface area contributed by atoms with Gasteiger partial charge in [0.1, 0.15) is 0 Å². The minimum atomic E-state index is 0.924. The van der Waals surface area contributed by atoms with Crippen molar-refractivity contribution in [3.8, 4) is 0 Å². The Kier molecular flexibility index (Phi) is 3.19. The van der Waals surface area contributed by atoms with Gasteiger partial charge in [-0.15, -0.1) is 0 Å². The van der Waals surface area contributed by atoms with Gasteiger partial charge < -0.3 is 4.57 Å². The van der Waals surface area contributed by atoms with E-state index in [1.165, 1.54) is 27.6 Å². The molecule has 3 aromatic rings. The molecule has 0 aliphatic heterocycles. The van der Waals surface area contributed by atoms with Gasteiger partial charge in [0, 0.05) is 28.1 Å². The van der Waals surface area contributed by atoms with Gasteiger partial charge >= 0.3 is 0 Å². The Hall–Kier alpha value is -1.54. The highest BCUT2D eigenvalue weighted by atomic mass is 79.9. The van der Waals surface area contributed by atoms with E-state index in [2.05, 4.69) is 83.0 Å². The molecule has 1 nitrogen and oxygen atoms in total. The SMILES string of the molecule is Cc1ccc(C)c(Cn2ccc3c(Br)cccc32)c1. The Labute approximate surface area is 122 Å². The average molecular weight is 314 g/mol. The summed E-state index contributed by atoms with van der Waals surface area (Å²) >= 11 is 3.61. The highest BCUT2D eigenvalue weighted by Crippen LogP contribution is 2.25. The molecule has 0 fully saturated rings. The van der Waals surface area contributed by atoms with Crippen LogP contribution in [0.2, 0.25) is 0 Å². The van der Waals surface area contributed by atoms with E-state index < -0.39 is 0 Å². The maximum Gasteiger partial charge on any atom is 0.0494 e. The summed E-state index contributed by atoms with van der Waals surface area (Å²) in [4.78, 5) is 0. The number of aryl methyl sites for hydroxylation is 2. The second-order valence-electron chi connectivity index (χ2n) is 5.05. The van der Waals surface area contributed by atoms with Gasteiger partial charge in [0.2, 0.25) is 0 Å². The van der Waals surface area contributed by atoms with Crippen molar-refractivity contribution in [3.05, 3.63) is 69.8 Å². The Balaban J connectivity index is 2.06. The smallest absolute Gasteiger partial charge is 0.0494 e. The fourth-order valence-electron chi connectivity index (χ4n) is 2.48. The van der Waals surface area contributed by atoms with E-state index in [0.29, 0.717) is 0 Å². The molecular weight excluding hydrogens is 298 g/mol. The first-order valence-electron chi connectivity index (χ1n) is 6.44. The molecule has 0 N–H and O–H groups in total. The molecule has 0 aliphatic carbocycles. The van der Waals surface area contributed by atoms with Gasteiger partial charge in [0.25, 0.3) is 0 Å². The van der Waals surface area contributed by atoms with Crippen molar-refractivity contribution in [2.24, 2.45) is 0 Å². The maximum absolute atomic E-state index is 3.61. The van der Waals surface area contributed by atoms with Crippen molar-refractivity contribution in [2.45, 2.75) is 20.4 Å². The molecule has 1 heterocycles. The Morgan fingerprint density at radius 1 is 1.05 bits per heavy atom. The summed E-state index contributed by atoms with van der Waals surface area (Å²) in [6.45, 7) is 5.25. The monoisotopic (exact) mass is 313 g/mol. The number of fused-ring (bicyclic) bond motifs is 1. The number of halogens is 1. The van der Waals surface area contributed by atoms with Crippen LogP contribution >= 0.6 is 15.9 Å². The van der Waals surface area contributed by atoms with Crippen molar-refractivity contribution in [1.82, 2.24) is 4.57 Å². The standard InChI is InChI=1S/C17H16BrN/c1-12-6-7-13(2)14(10-12)11-19-9-8-15-16(18)4-3-5-17(15)19/h3-10H,11H2,1-2H3. The fourth-order valence-corrected chi connectivity index (χ4v) is 2.97. The second-order valence-corrected chi connectivity index (χ2v) is 5.90. The third kappa shape index (κ3) is 2.33. The predicted octanol–water partition coefficient (Wildman–Crippen LogP) is 5.07. The molecule has 2 aromatic carbocycles. The molecule has 2 heteroatoms. The lowest BCUT2D eigenvalue weighted by molar-refractivity contribution is 0.829. The van der Waals surface area contributed by atoms with Gasteiger partial charge in [-0.2, -0.15) is 0 Å². The summed E-state index contributed by atoms with van der Waals surface area (Å²) in [5, 5.41) is 1.27. The zero-order chi connectivity index (χ0) is 13.4. The van der Waals surface area contributed by atoms with E-state index in [4.69, 9.17) is 0 Å². The summed E-state index contributed by atoms with van der Waals surface area (Å²) in [5.74, 6) is 0. The molecule has 19 heavy (non-hydrogen) atoms. The van der Waals surface area contributed by atoms with Crippen LogP contribution < -0.4 is 0 Å². The second kappa shape index (κ2) is 4.86. The molecule has 1 aromatic heterocycles. The number of hydrogen-bond acceptors (Lipinski definition) is 0. The van der Waals surface area contributed by atoms with E-state index in [0.717, 1.165) is 11.0 Å². The minimum absolute atomic E-state index is 0.924. The normalized spacial score (nSPS) is 11.1. The molecule has 96 valence electrons. The molecule has 0 saturated carbocycles. The van der Waals surface area contributed by atoms with Gasteiger partial charge in [0.15, 0.2) is 0 Å². The maximum atomic E-state index is 3.61. The van der Waals surface area contributed by atoms with Crippen LogP contribution in [0.25, 0.3) is 10.9 Å². The first-order valence-corrected chi connectivity index (χ1v) is 7.24. The zero-order valence-corrected chi connectivity index (χ0v) is 12.7. The molecule has 0 radical (unpaired) electrons. The van der Waals surface area contributed by atoms with Crippen molar-refractivity contribution < 1.29 is 0 Å². The van der Waals surface area contributed by atoms with Gasteiger partial charge in [-0.25, -0.2) is 0 Å². The summed E-state index contributed by atoms with van der Waals surface area (Å²) in [5.41, 5.74) is 5.33. The van der Waals surface area contributed by atoms with Crippen LogP contribution in [0.15, 0.2) is 53.1 Å². The van der Waals surface area contributed by atoms with E-state index in [1.807, 2.05) is 0 Å². The zero-order valence-electron chi connectivity index (χ0n) is 11.2. The topological polar surface area (TPSA) is 4.93 Å². The molecule has 3 rings (SSSR count). The third-order valence-electron chi connectivity index (χ3n) is 3.61. The molecule has 0 amide bonds. The predicted molar refractivity (Wildman–Crippen MR) is 84.7 cm³/mol. The van der Waals surface area contributed by atoms with Crippen LogP contribution in [0, 0.1) is 13.8 Å². The number of rotatable bonds is 2. The van der Waals surface area contributed by atoms with Crippen LogP contribution in [-0.2, 0) is 6.54 Å².